The summed E-state index contributed by atoms with van der Waals surface area (Å²) in [5.41, 5.74) is 5.28. The molecule has 0 aromatic heterocycles. The minimum absolute atomic E-state index is 0. The molecule has 46 heavy (non-hydrogen) atoms. The maximum Gasteiger partial charge on any atom is 2.00 e. The predicted octanol–water partition coefficient (Wildman–Crippen LogP) is 8.85. The van der Waals surface area contributed by atoms with E-state index in [0.717, 1.165) is 46.0 Å². The third-order valence-electron chi connectivity index (χ3n) is 10.6. The summed E-state index contributed by atoms with van der Waals surface area (Å²) in [5.74, 6) is 3.04. The van der Waals surface area contributed by atoms with Crippen molar-refractivity contribution in [2.24, 2.45) is 9.98 Å². The molecule has 4 aromatic rings. The molecule has 0 atom stereocenters. The van der Waals surface area contributed by atoms with Crippen molar-refractivity contribution in [2.75, 3.05) is 19.6 Å². The van der Waals surface area contributed by atoms with E-state index in [-0.39, 0.29) is 43.2 Å². The number of guanidine groups is 2. The van der Waals surface area contributed by atoms with E-state index in [1.165, 1.54) is 0 Å². The van der Waals surface area contributed by atoms with Crippen LogP contribution in [0.2, 0.25) is 0 Å². The monoisotopic (exact) mass is 789 g/mol. The third kappa shape index (κ3) is 4.07. The Morgan fingerprint density at radius 3 is 1.26 bits per heavy atom. The van der Waals surface area contributed by atoms with Crippen molar-refractivity contribution in [1.29, 1.82) is 0 Å². The van der Waals surface area contributed by atoms with E-state index in [2.05, 4.69) is 148 Å². The van der Waals surface area contributed by atoms with Crippen LogP contribution in [-0.4, -0.2) is 34.1 Å². The van der Waals surface area contributed by atoms with E-state index >= 15 is 0 Å². The number of benzene rings is 4. The van der Waals surface area contributed by atoms with Crippen LogP contribution >= 0.6 is 0 Å². The second-order valence-corrected chi connectivity index (χ2v) is 14.3. The van der Waals surface area contributed by atoms with Crippen molar-refractivity contribution >= 4 is 46.0 Å². The molecule has 8 heteroatoms. The topological polar surface area (TPSA) is 46.9 Å². The van der Waals surface area contributed by atoms with E-state index in [1.807, 2.05) is 24.3 Å². The molecule has 0 radical (unpaired) electrons. The van der Waals surface area contributed by atoms with Crippen molar-refractivity contribution < 1.29 is 25.8 Å². The first-order valence-corrected chi connectivity index (χ1v) is 15.6. The van der Waals surface area contributed by atoms with Crippen molar-refractivity contribution in [3.05, 3.63) is 97.1 Å². The van der Waals surface area contributed by atoms with Crippen molar-refractivity contribution in [3.63, 3.8) is 0 Å². The quantitative estimate of drug-likeness (QED) is 0.194. The first kappa shape index (κ1) is 30.6. The van der Waals surface area contributed by atoms with Gasteiger partial charge in [0.15, 0.2) is 0 Å². The van der Waals surface area contributed by atoms with Crippen LogP contribution in [0.15, 0.2) is 94.9 Å². The zero-order valence-electron chi connectivity index (χ0n) is 27.5. The Hall–Kier alpha value is -4.09. The number of aliphatic imine (C=N–C) groups is 2. The van der Waals surface area contributed by atoms with Crippen molar-refractivity contribution in [1.82, 2.24) is 0 Å². The van der Waals surface area contributed by atoms with Crippen LogP contribution in [0.3, 0.4) is 0 Å². The molecule has 4 aliphatic heterocycles. The molecule has 0 unspecified atom stereocenters. The Labute approximate surface area is 286 Å². The summed E-state index contributed by atoms with van der Waals surface area (Å²) in [6, 6.07) is 36.0. The van der Waals surface area contributed by atoms with Gasteiger partial charge in [0.25, 0.3) is 0 Å². The molecule has 4 aliphatic rings. The van der Waals surface area contributed by atoms with Crippen molar-refractivity contribution in [2.45, 2.75) is 77.5 Å². The minimum atomic E-state index is -0.268. The molecule has 0 bridgehead atoms. The molecule has 0 fully saturated rings. The molecular weight excluding hydrogens is 752 g/mol. The largest absolute Gasteiger partial charge is 2.00 e. The van der Waals surface area contributed by atoms with Crippen LogP contribution in [0.5, 0.6) is 11.5 Å². The van der Waals surface area contributed by atoms with Crippen molar-refractivity contribution in [3.8, 4) is 11.5 Å². The van der Waals surface area contributed by atoms with Crippen LogP contribution < -0.4 is 24.3 Å². The fourth-order valence-electron chi connectivity index (χ4n) is 6.78. The van der Waals surface area contributed by atoms with Gasteiger partial charge in [-0.15, -0.1) is 36.4 Å². The standard InChI is InChI=1S/C38H38N6O.Pt/c1-35(2)37(5,6)43-31-21-11-9-19-29(31)41(33(43)39-35)25-15-13-17-27(23-25)45-28-18-14-16-26(24-28)42-30-20-10-12-22-32(30)44-34(42)40-36(3,4)38(44,7)8;/h9-22H,1-8H3;/q-2;+2. The van der Waals surface area contributed by atoms with Gasteiger partial charge in [0.2, 0.25) is 11.9 Å². The number of anilines is 6. The SMILES string of the molecule is CC1(C)N=C2N(c3[c-]c(Oc4[c-]c(N5C6=NC(C)(C)C(C)(C)N6c6ccccc65)ccc4)ccc3)c3ccccc3N2C1(C)C.[Pt+2]. The summed E-state index contributed by atoms with van der Waals surface area (Å²) in [4.78, 5) is 19.5. The first-order chi connectivity index (χ1) is 21.3. The number of ether oxygens (including phenoxy) is 1. The number of fused-ring (bicyclic) bond motifs is 6. The van der Waals surface area contributed by atoms with Crippen LogP contribution in [0, 0.1) is 12.1 Å². The smallest absolute Gasteiger partial charge is 0.509 e. The molecule has 0 saturated carbocycles. The normalized spacial score (nSPS) is 20.3. The molecule has 7 nitrogen and oxygen atoms in total. The van der Waals surface area contributed by atoms with Gasteiger partial charge in [0, 0.05) is 11.5 Å². The number of hydrogen-bond acceptors (Lipinski definition) is 7. The van der Waals surface area contributed by atoms with Gasteiger partial charge in [-0.3, -0.25) is 0 Å². The van der Waals surface area contributed by atoms with Gasteiger partial charge in [-0.05, 0) is 79.7 Å². The molecule has 0 spiro atoms. The number of nitrogens with zero attached hydrogens (tertiary/aromatic N) is 6. The van der Waals surface area contributed by atoms with Gasteiger partial charge < -0.3 is 24.3 Å². The maximum atomic E-state index is 6.47. The number of rotatable bonds is 4. The van der Waals surface area contributed by atoms with E-state index in [1.54, 1.807) is 0 Å². The zero-order valence-corrected chi connectivity index (χ0v) is 29.8. The fourth-order valence-corrected chi connectivity index (χ4v) is 6.78. The van der Waals surface area contributed by atoms with Crippen LogP contribution in [0.1, 0.15) is 55.4 Å². The van der Waals surface area contributed by atoms with Gasteiger partial charge in [0.05, 0.1) is 44.9 Å². The number of para-hydroxylation sites is 4. The molecule has 8 rings (SSSR count). The summed E-state index contributed by atoms with van der Waals surface area (Å²) < 4.78 is 6.47. The van der Waals surface area contributed by atoms with E-state index in [0.29, 0.717) is 11.5 Å². The van der Waals surface area contributed by atoms with Gasteiger partial charge in [-0.2, -0.15) is 12.1 Å². The zero-order chi connectivity index (χ0) is 31.5. The summed E-state index contributed by atoms with van der Waals surface area (Å²) in [5, 5.41) is 0. The predicted molar refractivity (Wildman–Crippen MR) is 184 cm³/mol. The van der Waals surface area contributed by atoms with Crippen LogP contribution in [0.25, 0.3) is 0 Å². The summed E-state index contributed by atoms with van der Waals surface area (Å²) in [6.07, 6.45) is 0. The Bertz CT molecular complexity index is 1800. The average molecular weight is 790 g/mol. The summed E-state index contributed by atoms with van der Waals surface area (Å²) >= 11 is 0. The molecule has 0 N–H and O–H groups in total. The molecular formula is C38H38N6OPt. The third-order valence-corrected chi connectivity index (χ3v) is 10.6. The Kier molecular flexibility index (Phi) is 6.61. The molecule has 4 aromatic carbocycles. The second kappa shape index (κ2) is 9.95. The molecule has 0 amide bonds. The van der Waals surface area contributed by atoms with Gasteiger partial charge >= 0.3 is 21.1 Å². The van der Waals surface area contributed by atoms with E-state index in [4.69, 9.17) is 14.7 Å². The molecule has 4 heterocycles. The molecule has 236 valence electrons. The average Bonchev–Trinajstić information content (AvgIpc) is 3.60. The van der Waals surface area contributed by atoms with Gasteiger partial charge in [-0.1, -0.05) is 35.6 Å². The minimum Gasteiger partial charge on any atom is -0.509 e. The Balaban J connectivity index is 0.00000338. The van der Waals surface area contributed by atoms with Gasteiger partial charge in [0.1, 0.15) is 0 Å². The summed E-state index contributed by atoms with van der Waals surface area (Å²) in [7, 11) is 0. The fraction of sp³-hybridized carbons (Fsp3) is 0.316. The maximum absolute atomic E-state index is 6.47. The second-order valence-electron chi connectivity index (χ2n) is 14.3. The van der Waals surface area contributed by atoms with Gasteiger partial charge in [-0.25, -0.2) is 9.98 Å². The molecule has 0 aliphatic carbocycles. The molecule has 0 saturated heterocycles. The Morgan fingerprint density at radius 1 is 0.500 bits per heavy atom. The first-order valence-electron chi connectivity index (χ1n) is 15.6. The van der Waals surface area contributed by atoms with E-state index < -0.39 is 0 Å². The van der Waals surface area contributed by atoms with E-state index in [9.17, 15) is 0 Å². The van der Waals surface area contributed by atoms with Crippen LogP contribution in [0.4, 0.5) is 34.1 Å². The number of hydrogen-bond donors (Lipinski definition) is 0. The Morgan fingerprint density at radius 2 is 0.870 bits per heavy atom. The summed E-state index contributed by atoms with van der Waals surface area (Å²) in [6.45, 7) is 17.8. The van der Waals surface area contributed by atoms with Crippen LogP contribution in [-0.2, 0) is 21.1 Å².